The Morgan fingerprint density at radius 3 is 1.53 bits per heavy atom. The van der Waals surface area contributed by atoms with Gasteiger partial charge in [-0.05, 0) is 72.4 Å². The molecule has 11 heteroatoms. The van der Waals surface area contributed by atoms with E-state index in [4.69, 9.17) is 32.8 Å². The largest absolute Gasteiger partial charge is 0.381 e. The van der Waals surface area contributed by atoms with E-state index in [1.807, 2.05) is 97.9 Å². The number of hydrogen-bond acceptors (Lipinski definition) is 8. The van der Waals surface area contributed by atoms with Gasteiger partial charge in [-0.3, -0.25) is 14.4 Å². The summed E-state index contributed by atoms with van der Waals surface area (Å²) in [5, 5.41) is 4.65. The first-order valence-electron chi connectivity index (χ1n) is 20.5. The molecule has 0 bridgehead atoms. The number of nitrogens with one attached hydrogen (secondary N) is 2. The van der Waals surface area contributed by atoms with Gasteiger partial charge in [-0.2, -0.15) is 0 Å². The second-order valence-electron chi connectivity index (χ2n) is 16.3. The number of carbonyl (C=O) groups excluding carboxylic acids is 3. The van der Waals surface area contributed by atoms with Gasteiger partial charge in [0, 0.05) is 73.7 Å². The third kappa shape index (κ3) is 17.3. The highest BCUT2D eigenvalue weighted by molar-refractivity contribution is 6.30. The quantitative estimate of drug-likeness (QED) is 0.122. The van der Waals surface area contributed by atoms with Crippen LogP contribution in [0, 0.1) is 30.5 Å². The van der Waals surface area contributed by atoms with Gasteiger partial charge in [-0.25, -0.2) is 9.87 Å². The minimum Gasteiger partial charge on any atom is -0.381 e. The molecular weight excluding hydrogens is 776 g/mol. The first-order valence-corrected chi connectivity index (χ1v) is 21.3. The van der Waals surface area contributed by atoms with E-state index in [9.17, 15) is 18.8 Å². The molecule has 0 saturated carbocycles. The van der Waals surface area contributed by atoms with Crippen LogP contribution >= 0.6 is 23.2 Å². The predicted molar refractivity (Wildman–Crippen MR) is 236 cm³/mol. The Balaban J connectivity index is 0.000000303. The highest BCUT2D eigenvalue weighted by Gasteiger charge is 2.28. The third-order valence-electron chi connectivity index (χ3n) is 10.4. The molecule has 0 aliphatic carbocycles. The second kappa shape index (κ2) is 26.2. The van der Waals surface area contributed by atoms with E-state index in [1.165, 1.54) is 6.07 Å². The molecular formula is C47H68Cl2FN3O5. The van der Waals surface area contributed by atoms with Gasteiger partial charge in [0.15, 0.2) is 0 Å². The molecule has 2 N–H and O–H groups in total. The summed E-state index contributed by atoms with van der Waals surface area (Å²) < 4.78 is 19.1. The molecule has 322 valence electrons. The first-order chi connectivity index (χ1) is 27.4. The Kier molecular flexibility index (Phi) is 23.1. The zero-order valence-electron chi connectivity index (χ0n) is 36.5. The smallest absolute Gasteiger partial charge is 0.144 e. The van der Waals surface area contributed by atoms with E-state index in [0.29, 0.717) is 46.6 Å². The Labute approximate surface area is 357 Å². The predicted octanol–water partition coefficient (Wildman–Crippen LogP) is 10.0. The number of aryl methyl sites for hydroxylation is 1. The van der Waals surface area contributed by atoms with Gasteiger partial charge in [-0.1, -0.05) is 115 Å². The van der Waals surface area contributed by atoms with Gasteiger partial charge in [-0.15, -0.1) is 0 Å². The zero-order valence-corrected chi connectivity index (χ0v) is 38.1. The van der Waals surface area contributed by atoms with Crippen molar-refractivity contribution in [3.63, 3.8) is 0 Å². The number of nitrogens with zero attached hydrogens (tertiary/aromatic N) is 1. The van der Waals surface area contributed by atoms with E-state index in [1.54, 1.807) is 39.3 Å². The SMILES string of the molecule is COC1CCN(C[C@@H](C(=O)C(C)C)c2ccc(Cl)cc2)CC1.CONC[C@@H](C(=O)C(C)C)c1ccc(Cl)cc1.Cc1ccc([C@@H](CNC(C)C)C(=O)C(C)C)cc1F. The van der Waals surface area contributed by atoms with Gasteiger partial charge in [0.2, 0.25) is 0 Å². The number of ether oxygens (including phenoxy) is 1. The standard InChI is InChI=1S/C18H26ClNO2.C16H24FNO.C13H18ClNO2/c1-13(2)18(21)17(14-4-6-15(19)7-5-14)12-20-10-8-16(22-3)9-11-20;1-10(2)16(19)14(9-18-11(3)4)13-7-6-12(5)15(17)8-13;1-9(2)13(16)12(8-15-17-3)10-4-6-11(14)7-5-10/h4-7,13,16-17H,8-12H2,1-3H3;6-8,10-11,14,18H,9H2,1-5H3;4-7,9,12,15H,8H2,1-3H3/t17-;14-;12-/m111/s1. The Hall–Kier alpha value is -3.02. The maximum Gasteiger partial charge on any atom is 0.144 e. The minimum absolute atomic E-state index is 0.00525. The van der Waals surface area contributed by atoms with E-state index >= 15 is 0 Å². The van der Waals surface area contributed by atoms with Crippen LogP contribution in [0.3, 0.4) is 0 Å². The summed E-state index contributed by atoms with van der Waals surface area (Å²) in [5.74, 6) is -0.177. The second-order valence-corrected chi connectivity index (χ2v) is 17.2. The number of piperidine rings is 1. The van der Waals surface area contributed by atoms with E-state index < -0.39 is 0 Å². The van der Waals surface area contributed by atoms with Crippen LogP contribution in [0.5, 0.6) is 0 Å². The van der Waals surface area contributed by atoms with E-state index in [0.717, 1.165) is 49.2 Å². The van der Waals surface area contributed by atoms with Crippen molar-refractivity contribution in [2.45, 2.75) is 105 Å². The highest BCUT2D eigenvalue weighted by Crippen LogP contribution is 2.27. The number of methoxy groups -OCH3 is 1. The number of hydroxylamine groups is 1. The fraction of sp³-hybridized carbons (Fsp3) is 0.553. The van der Waals surface area contributed by atoms with Crippen LogP contribution in [0.2, 0.25) is 10.0 Å². The molecule has 4 rings (SSSR count). The molecule has 0 radical (unpaired) electrons. The molecule has 1 aliphatic rings. The lowest BCUT2D eigenvalue weighted by molar-refractivity contribution is -0.124. The molecule has 1 fully saturated rings. The summed E-state index contributed by atoms with van der Waals surface area (Å²) in [6.07, 6.45) is 2.45. The number of halogens is 3. The molecule has 3 atom stereocenters. The molecule has 8 nitrogen and oxygen atoms in total. The number of rotatable bonds is 18. The lowest BCUT2D eigenvalue weighted by atomic mass is 9.88. The minimum atomic E-state index is -0.280. The van der Waals surface area contributed by atoms with Crippen LogP contribution in [-0.4, -0.2) is 81.3 Å². The summed E-state index contributed by atoms with van der Waals surface area (Å²) in [6.45, 7) is 21.1. The summed E-state index contributed by atoms with van der Waals surface area (Å²) in [5.41, 5.74) is 6.13. The summed E-state index contributed by atoms with van der Waals surface area (Å²) in [7, 11) is 3.32. The molecule has 0 spiro atoms. The fourth-order valence-electron chi connectivity index (χ4n) is 6.65. The van der Waals surface area contributed by atoms with Crippen molar-refractivity contribution in [3.05, 3.63) is 105 Å². The van der Waals surface area contributed by atoms with Crippen molar-refractivity contribution < 1.29 is 28.3 Å². The number of likely N-dealkylation sites (tertiary alicyclic amines) is 1. The van der Waals surface area contributed by atoms with Gasteiger partial charge in [0.05, 0.1) is 31.0 Å². The Bertz CT molecular complexity index is 1680. The van der Waals surface area contributed by atoms with Crippen LogP contribution in [-0.2, 0) is 24.0 Å². The Morgan fingerprint density at radius 2 is 1.12 bits per heavy atom. The molecule has 0 amide bonds. The van der Waals surface area contributed by atoms with Crippen molar-refractivity contribution in [3.8, 4) is 0 Å². The summed E-state index contributed by atoms with van der Waals surface area (Å²) in [4.78, 5) is 44.2. The lowest BCUT2D eigenvalue weighted by Crippen LogP contribution is -2.40. The average molecular weight is 845 g/mol. The van der Waals surface area contributed by atoms with Gasteiger partial charge >= 0.3 is 0 Å². The molecule has 0 aromatic heterocycles. The number of Topliss-reactive ketones (excluding diaryl/α,β-unsaturated/α-hetero) is 3. The number of benzene rings is 3. The Morgan fingerprint density at radius 1 is 0.690 bits per heavy atom. The summed E-state index contributed by atoms with van der Waals surface area (Å²) >= 11 is 11.8. The maximum absolute atomic E-state index is 13.7. The van der Waals surface area contributed by atoms with Crippen molar-refractivity contribution in [2.75, 3.05) is 46.9 Å². The van der Waals surface area contributed by atoms with Crippen LogP contribution in [0.25, 0.3) is 0 Å². The lowest BCUT2D eigenvalue weighted by Gasteiger charge is -2.33. The fourth-order valence-corrected chi connectivity index (χ4v) is 6.91. The first kappa shape index (κ1) is 51.1. The number of carbonyl (C=O) groups is 3. The topological polar surface area (TPSA) is 97.0 Å². The number of hydrogen-bond donors (Lipinski definition) is 2. The van der Waals surface area contributed by atoms with Crippen LogP contribution < -0.4 is 10.8 Å². The van der Waals surface area contributed by atoms with Crippen molar-refractivity contribution >= 4 is 40.6 Å². The van der Waals surface area contributed by atoms with Gasteiger partial charge < -0.3 is 19.8 Å². The molecule has 3 aromatic rings. The molecule has 0 unspecified atom stereocenters. The van der Waals surface area contributed by atoms with Crippen LogP contribution in [0.15, 0.2) is 66.7 Å². The monoisotopic (exact) mass is 843 g/mol. The maximum atomic E-state index is 13.7. The van der Waals surface area contributed by atoms with Crippen molar-refractivity contribution in [1.29, 1.82) is 0 Å². The zero-order chi connectivity index (χ0) is 43.5. The molecule has 1 aliphatic heterocycles. The van der Waals surface area contributed by atoms with Gasteiger partial charge in [0.1, 0.15) is 23.2 Å². The van der Waals surface area contributed by atoms with Crippen LogP contribution in [0.4, 0.5) is 4.39 Å². The molecule has 58 heavy (non-hydrogen) atoms. The summed E-state index contributed by atoms with van der Waals surface area (Å²) in [6, 6.07) is 20.4. The molecule has 1 saturated heterocycles. The number of ketones is 3. The molecule has 1 heterocycles. The van der Waals surface area contributed by atoms with Crippen molar-refractivity contribution in [2.24, 2.45) is 17.8 Å². The average Bonchev–Trinajstić information content (AvgIpc) is 3.19. The normalized spacial score (nSPS) is 15.1. The van der Waals surface area contributed by atoms with E-state index in [-0.39, 0.29) is 52.9 Å². The van der Waals surface area contributed by atoms with Gasteiger partial charge in [0.25, 0.3) is 0 Å². The van der Waals surface area contributed by atoms with Crippen molar-refractivity contribution in [1.82, 2.24) is 15.7 Å². The molecule has 3 aromatic carbocycles. The van der Waals surface area contributed by atoms with Crippen LogP contribution in [0.1, 0.15) is 108 Å². The van der Waals surface area contributed by atoms with E-state index in [2.05, 4.69) is 15.7 Å². The highest BCUT2D eigenvalue weighted by atomic mass is 35.5. The third-order valence-corrected chi connectivity index (χ3v) is 10.9.